The Labute approximate surface area is 161 Å². The van der Waals surface area contributed by atoms with Crippen molar-refractivity contribution in [1.82, 2.24) is 0 Å². The quantitative estimate of drug-likeness (QED) is 0.715. The van der Waals surface area contributed by atoms with Crippen LogP contribution in [0.4, 0.5) is 0 Å². The molecule has 3 rings (SSSR count). The summed E-state index contributed by atoms with van der Waals surface area (Å²) < 4.78 is 0. The van der Waals surface area contributed by atoms with E-state index in [4.69, 9.17) is 5.11 Å². The molecule has 1 aliphatic carbocycles. The van der Waals surface area contributed by atoms with Crippen LogP contribution in [0.15, 0.2) is 36.4 Å². The second-order valence-corrected chi connectivity index (χ2v) is 8.78. The van der Waals surface area contributed by atoms with Crippen LogP contribution < -0.4 is 0 Å². The molecule has 0 unspecified atom stereocenters. The normalized spacial score (nSPS) is 17.7. The molecule has 3 nitrogen and oxygen atoms in total. The highest BCUT2D eigenvalue weighted by atomic mass is 16.4. The van der Waals surface area contributed by atoms with E-state index in [9.17, 15) is 9.90 Å². The highest BCUT2D eigenvalue weighted by molar-refractivity contribution is 5.88. The predicted molar refractivity (Wildman–Crippen MR) is 110 cm³/mol. The van der Waals surface area contributed by atoms with Crippen molar-refractivity contribution < 1.29 is 15.0 Å². The zero-order chi connectivity index (χ0) is 19.8. The Hall–Kier alpha value is -2.39. The molecule has 1 aliphatic rings. The van der Waals surface area contributed by atoms with E-state index < -0.39 is 5.97 Å². The number of carboxylic acid groups (broad SMARTS) is 1. The second-order valence-electron chi connectivity index (χ2n) is 8.78. The lowest BCUT2D eigenvalue weighted by molar-refractivity contribution is 0.0697. The molecule has 2 aromatic rings. The summed E-state index contributed by atoms with van der Waals surface area (Å²) in [5.41, 5.74) is 6.08. The molecule has 2 aromatic carbocycles. The van der Waals surface area contributed by atoms with Crippen LogP contribution >= 0.6 is 0 Å². The molecule has 0 aliphatic heterocycles. The van der Waals surface area contributed by atoms with Crippen LogP contribution in [0.1, 0.15) is 78.7 Å². The summed E-state index contributed by atoms with van der Waals surface area (Å²) in [5.74, 6) is -0.923. The number of rotatable bonds is 4. The van der Waals surface area contributed by atoms with Crippen molar-refractivity contribution >= 4 is 18.1 Å². The van der Waals surface area contributed by atoms with Crippen molar-refractivity contribution in [2.45, 2.75) is 58.0 Å². The molecule has 0 fully saturated rings. The number of aliphatic hydroxyl groups is 1. The monoisotopic (exact) mass is 364 g/mol. The van der Waals surface area contributed by atoms with Gasteiger partial charge in [-0.2, -0.15) is 0 Å². The Kier molecular flexibility index (Phi) is 5.00. The third-order valence-corrected chi connectivity index (χ3v) is 5.90. The zero-order valence-corrected chi connectivity index (χ0v) is 16.5. The van der Waals surface area contributed by atoms with Crippen molar-refractivity contribution in [3.05, 3.63) is 69.8 Å². The molecular weight excluding hydrogens is 336 g/mol. The molecule has 0 saturated heterocycles. The van der Waals surface area contributed by atoms with Gasteiger partial charge in [-0.25, -0.2) is 4.79 Å². The van der Waals surface area contributed by atoms with E-state index >= 15 is 0 Å². The minimum Gasteiger partial charge on any atom is -0.478 e. The lowest BCUT2D eigenvalue weighted by Crippen LogP contribution is -2.34. The van der Waals surface area contributed by atoms with Crippen LogP contribution in [0.2, 0.25) is 0 Å². The average molecular weight is 364 g/mol. The number of carboxylic acids is 1. The molecule has 0 saturated carbocycles. The Bertz CT molecular complexity index is 887. The Balaban J connectivity index is 2.02. The molecule has 0 radical (unpaired) electrons. The van der Waals surface area contributed by atoms with Crippen molar-refractivity contribution in [3.63, 3.8) is 0 Å². The average Bonchev–Trinajstić information content (AvgIpc) is 2.63. The van der Waals surface area contributed by atoms with E-state index in [-0.39, 0.29) is 23.0 Å². The molecule has 2 N–H and O–H groups in total. The number of hydrogen-bond donors (Lipinski definition) is 2. The third kappa shape index (κ3) is 3.84. The maximum Gasteiger partial charge on any atom is 0.335 e. The molecule has 0 heterocycles. The molecule has 142 valence electrons. The van der Waals surface area contributed by atoms with Crippen molar-refractivity contribution in [3.8, 4) is 0 Å². The largest absolute Gasteiger partial charge is 0.478 e. The van der Waals surface area contributed by atoms with Crippen molar-refractivity contribution in [2.75, 3.05) is 0 Å². The molecule has 0 amide bonds. The standard InChI is InChI=1S/C24H28O3/c1-23(2)11-12-24(3,4)21-14-19(15-25)18(13-20(21)23)10-7-16-5-8-17(9-6-16)22(26)27/h5-10,13-14,25H,11-12,15H2,1-4H3,(H,26,27)/b10-7+. The van der Waals surface area contributed by atoms with Gasteiger partial charge in [0, 0.05) is 0 Å². The zero-order valence-electron chi connectivity index (χ0n) is 16.5. The smallest absolute Gasteiger partial charge is 0.335 e. The van der Waals surface area contributed by atoms with Crippen LogP contribution in [0.5, 0.6) is 0 Å². The fourth-order valence-corrected chi connectivity index (χ4v) is 3.89. The fourth-order valence-electron chi connectivity index (χ4n) is 3.89. The van der Waals surface area contributed by atoms with Gasteiger partial charge in [-0.3, -0.25) is 0 Å². The van der Waals surface area contributed by atoms with Gasteiger partial charge in [-0.05, 0) is 63.6 Å². The van der Waals surface area contributed by atoms with Crippen molar-refractivity contribution in [1.29, 1.82) is 0 Å². The first-order chi connectivity index (χ1) is 12.6. The number of hydrogen-bond acceptors (Lipinski definition) is 2. The Morgan fingerprint density at radius 2 is 1.52 bits per heavy atom. The summed E-state index contributed by atoms with van der Waals surface area (Å²) in [6.45, 7) is 9.14. The molecule has 0 atom stereocenters. The molecular formula is C24H28O3. The van der Waals surface area contributed by atoms with Gasteiger partial charge in [0.25, 0.3) is 0 Å². The second kappa shape index (κ2) is 6.97. The van der Waals surface area contributed by atoms with E-state index in [1.807, 2.05) is 12.2 Å². The maximum atomic E-state index is 11.0. The van der Waals surface area contributed by atoms with Gasteiger partial charge < -0.3 is 10.2 Å². The molecule has 0 spiro atoms. The van der Waals surface area contributed by atoms with Crippen LogP contribution in [0.25, 0.3) is 12.2 Å². The molecule has 0 aromatic heterocycles. The highest BCUT2D eigenvalue weighted by Crippen LogP contribution is 2.46. The van der Waals surface area contributed by atoms with Crippen LogP contribution in [-0.4, -0.2) is 16.2 Å². The number of carbonyl (C=O) groups is 1. The van der Waals surface area contributed by atoms with Crippen LogP contribution in [-0.2, 0) is 17.4 Å². The Morgan fingerprint density at radius 1 is 0.963 bits per heavy atom. The summed E-state index contributed by atoms with van der Waals surface area (Å²) in [4.78, 5) is 11.0. The van der Waals surface area contributed by atoms with Crippen molar-refractivity contribution in [2.24, 2.45) is 0 Å². The minimum atomic E-state index is -0.923. The molecule has 27 heavy (non-hydrogen) atoms. The van der Waals surface area contributed by atoms with E-state index in [1.54, 1.807) is 24.3 Å². The Morgan fingerprint density at radius 3 is 2.04 bits per heavy atom. The number of fused-ring (bicyclic) bond motifs is 1. The number of benzene rings is 2. The first-order valence-corrected chi connectivity index (χ1v) is 9.44. The number of aliphatic hydroxyl groups excluding tert-OH is 1. The number of aromatic carboxylic acids is 1. The minimum absolute atomic E-state index is 0.00140. The highest BCUT2D eigenvalue weighted by Gasteiger charge is 2.37. The van der Waals surface area contributed by atoms with E-state index in [0.717, 1.165) is 29.5 Å². The summed E-state index contributed by atoms with van der Waals surface area (Å²) in [7, 11) is 0. The van der Waals surface area contributed by atoms with Gasteiger partial charge in [-0.15, -0.1) is 0 Å². The van der Waals surface area contributed by atoms with Crippen LogP contribution in [0, 0.1) is 0 Å². The lowest BCUT2D eigenvalue weighted by Gasteiger charge is -2.42. The fraction of sp³-hybridized carbons (Fsp3) is 0.375. The van der Waals surface area contributed by atoms with Gasteiger partial charge in [0.2, 0.25) is 0 Å². The summed E-state index contributed by atoms with van der Waals surface area (Å²) in [6, 6.07) is 11.2. The van der Waals surface area contributed by atoms with E-state index in [1.165, 1.54) is 11.1 Å². The van der Waals surface area contributed by atoms with Gasteiger partial charge in [-0.1, -0.05) is 64.1 Å². The summed E-state index contributed by atoms with van der Waals surface area (Å²) >= 11 is 0. The SMILES string of the molecule is CC1(C)CCC(C)(C)c2cc(CO)c(/C=C/c3ccc(C(=O)O)cc3)cc21. The first-order valence-electron chi connectivity index (χ1n) is 9.44. The van der Waals surface area contributed by atoms with Gasteiger partial charge in [0.15, 0.2) is 0 Å². The summed E-state index contributed by atoms with van der Waals surface area (Å²) in [6.07, 6.45) is 6.26. The lowest BCUT2D eigenvalue weighted by atomic mass is 9.62. The van der Waals surface area contributed by atoms with Gasteiger partial charge in [0.1, 0.15) is 0 Å². The van der Waals surface area contributed by atoms with Gasteiger partial charge in [0.05, 0.1) is 12.2 Å². The predicted octanol–water partition coefficient (Wildman–Crippen LogP) is 5.40. The first kappa shape index (κ1) is 19.4. The summed E-state index contributed by atoms with van der Waals surface area (Å²) in [5, 5.41) is 18.9. The van der Waals surface area contributed by atoms with Crippen LogP contribution in [0.3, 0.4) is 0 Å². The molecule has 3 heteroatoms. The third-order valence-electron chi connectivity index (χ3n) is 5.90. The topological polar surface area (TPSA) is 57.5 Å². The van der Waals surface area contributed by atoms with Gasteiger partial charge >= 0.3 is 5.97 Å². The van der Waals surface area contributed by atoms with E-state index in [0.29, 0.717) is 0 Å². The maximum absolute atomic E-state index is 11.0. The van der Waals surface area contributed by atoms with E-state index in [2.05, 4.69) is 39.8 Å². The molecule has 0 bridgehead atoms.